The molecule has 3 rings (SSSR count). The van der Waals surface area contributed by atoms with E-state index in [1.54, 1.807) is 0 Å². The number of rotatable bonds is 8. The van der Waals surface area contributed by atoms with Gasteiger partial charge in [0.15, 0.2) is 11.5 Å². The Morgan fingerprint density at radius 2 is 2.09 bits per heavy atom. The number of nitrogens with zero attached hydrogens (tertiary/aromatic N) is 1. The maximum atomic E-state index is 10.1. The van der Waals surface area contributed by atoms with Gasteiger partial charge >= 0.3 is 0 Å². The third kappa shape index (κ3) is 3.91. The SMILES string of the molecule is CC(C1CC1)N(C)CC(O)COCc1ccc2c(c1)OCO2. The van der Waals surface area contributed by atoms with E-state index in [1.165, 1.54) is 12.8 Å². The van der Waals surface area contributed by atoms with Crippen LogP contribution < -0.4 is 9.47 Å². The maximum Gasteiger partial charge on any atom is 0.231 e. The van der Waals surface area contributed by atoms with Crippen LogP contribution in [0.2, 0.25) is 0 Å². The summed E-state index contributed by atoms with van der Waals surface area (Å²) in [7, 11) is 2.07. The molecule has 1 aliphatic carbocycles. The highest BCUT2D eigenvalue weighted by Gasteiger charge is 2.30. The molecular formula is C17H25NO4. The summed E-state index contributed by atoms with van der Waals surface area (Å²) in [4.78, 5) is 2.23. The molecule has 5 heteroatoms. The molecule has 0 spiro atoms. The molecule has 122 valence electrons. The number of hydrogen-bond donors (Lipinski definition) is 1. The van der Waals surface area contributed by atoms with Crippen LogP contribution in [0.15, 0.2) is 18.2 Å². The molecule has 2 aliphatic rings. The predicted molar refractivity (Wildman–Crippen MR) is 83.0 cm³/mol. The number of ether oxygens (including phenoxy) is 3. The van der Waals surface area contributed by atoms with E-state index in [9.17, 15) is 5.11 Å². The van der Waals surface area contributed by atoms with Gasteiger partial charge in [0, 0.05) is 12.6 Å². The average molecular weight is 307 g/mol. The Balaban J connectivity index is 1.38. The Hall–Kier alpha value is -1.30. The molecule has 1 aromatic rings. The van der Waals surface area contributed by atoms with Crippen molar-refractivity contribution in [2.75, 3.05) is 27.0 Å². The summed E-state index contributed by atoms with van der Waals surface area (Å²) in [6.45, 7) is 3.98. The van der Waals surface area contributed by atoms with Crippen molar-refractivity contribution in [2.45, 2.75) is 38.5 Å². The molecule has 22 heavy (non-hydrogen) atoms. The second-order valence-corrected chi connectivity index (χ2v) is 6.37. The van der Waals surface area contributed by atoms with E-state index in [2.05, 4.69) is 18.9 Å². The topological polar surface area (TPSA) is 51.2 Å². The molecule has 0 bridgehead atoms. The lowest BCUT2D eigenvalue weighted by Crippen LogP contribution is -2.38. The maximum absolute atomic E-state index is 10.1. The van der Waals surface area contributed by atoms with Crippen LogP contribution in [0.1, 0.15) is 25.3 Å². The Bertz CT molecular complexity index is 503. The van der Waals surface area contributed by atoms with E-state index in [-0.39, 0.29) is 6.79 Å². The highest BCUT2D eigenvalue weighted by molar-refractivity contribution is 5.44. The van der Waals surface area contributed by atoms with Gasteiger partial charge in [-0.25, -0.2) is 0 Å². The van der Waals surface area contributed by atoms with Gasteiger partial charge in [-0.3, -0.25) is 0 Å². The first-order valence-electron chi connectivity index (χ1n) is 7.98. The van der Waals surface area contributed by atoms with Crippen molar-refractivity contribution in [3.8, 4) is 11.5 Å². The zero-order valence-electron chi connectivity index (χ0n) is 13.3. The summed E-state index contributed by atoms with van der Waals surface area (Å²) in [5, 5.41) is 10.1. The monoisotopic (exact) mass is 307 g/mol. The van der Waals surface area contributed by atoms with Crippen LogP contribution >= 0.6 is 0 Å². The average Bonchev–Trinajstić information content (AvgIpc) is 3.24. The Morgan fingerprint density at radius 1 is 1.32 bits per heavy atom. The molecule has 0 aromatic heterocycles. The van der Waals surface area contributed by atoms with Crippen molar-refractivity contribution < 1.29 is 19.3 Å². The second kappa shape index (κ2) is 6.86. The van der Waals surface area contributed by atoms with Crippen LogP contribution in [-0.4, -0.2) is 49.1 Å². The molecular weight excluding hydrogens is 282 g/mol. The van der Waals surface area contributed by atoms with Crippen molar-refractivity contribution in [3.63, 3.8) is 0 Å². The zero-order chi connectivity index (χ0) is 15.5. The summed E-state index contributed by atoms with van der Waals surface area (Å²) >= 11 is 0. The van der Waals surface area contributed by atoms with Crippen LogP contribution in [0.5, 0.6) is 11.5 Å². The molecule has 2 unspecified atom stereocenters. The fourth-order valence-corrected chi connectivity index (χ4v) is 2.83. The number of hydrogen-bond acceptors (Lipinski definition) is 5. The van der Waals surface area contributed by atoms with E-state index < -0.39 is 6.10 Å². The first kappa shape index (κ1) is 15.6. The van der Waals surface area contributed by atoms with Crippen LogP contribution in [-0.2, 0) is 11.3 Å². The van der Waals surface area contributed by atoms with Crippen molar-refractivity contribution in [1.82, 2.24) is 4.90 Å². The third-order valence-electron chi connectivity index (χ3n) is 4.51. The minimum Gasteiger partial charge on any atom is -0.454 e. The quantitative estimate of drug-likeness (QED) is 0.796. The number of aliphatic hydroxyl groups excluding tert-OH is 1. The number of benzene rings is 1. The molecule has 1 saturated carbocycles. The highest BCUT2D eigenvalue weighted by atomic mass is 16.7. The minimum absolute atomic E-state index is 0.282. The van der Waals surface area contributed by atoms with Gasteiger partial charge < -0.3 is 24.2 Å². The first-order chi connectivity index (χ1) is 10.6. The van der Waals surface area contributed by atoms with Gasteiger partial charge in [-0.1, -0.05) is 6.07 Å². The molecule has 0 saturated heterocycles. The standard InChI is InChI=1S/C17H25NO4/c1-12(14-4-5-14)18(2)8-15(19)10-20-9-13-3-6-16-17(7-13)22-11-21-16/h3,6-7,12,14-15,19H,4-5,8-11H2,1-2H3. The Kier molecular flexibility index (Phi) is 4.86. The largest absolute Gasteiger partial charge is 0.454 e. The first-order valence-corrected chi connectivity index (χ1v) is 7.98. The number of aliphatic hydroxyl groups is 1. The van der Waals surface area contributed by atoms with Gasteiger partial charge in [-0.15, -0.1) is 0 Å². The summed E-state index contributed by atoms with van der Waals surface area (Å²) in [6.07, 6.45) is 2.19. The Labute approximate surface area is 131 Å². The zero-order valence-corrected chi connectivity index (χ0v) is 13.3. The summed E-state index contributed by atoms with van der Waals surface area (Å²) in [5.74, 6) is 2.35. The van der Waals surface area contributed by atoms with Crippen molar-refractivity contribution in [3.05, 3.63) is 23.8 Å². The summed E-state index contributed by atoms with van der Waals surface area (Å²) in [5.41, 5.74) is 1.02. The minimum atomic E-state index is -0.458. The van der Waals surface area contributed by atoms with Crippen molar-refractivity contribution in [2.24, 2.45) is 5.92 Å². The highest BCUT2D eigenvalue weighted by Crippen LogP contribution is 2.34. The number of likely N-dealkylation sites (N-methyl/N-ethyl adjacent to an activating group) is 1. The van der Waals surface area contributed by atoms with E-state index in [1.807, 2.05) is 18.2 Å². The molecule has 1 heterocycles. The molecule has 1 N–H and O–H groups in total. The molecule has 1 fully saturated rings. The van der Waals surface area contributed by atoms with Crippen LogP contribution in [0.3, 0.4) is 0 Å². The van der Waals surface area contributed by atoms with E-state index in [0.717, 1.165) is 23.0 Å². The van der Waals surface area contributed by atoms with Gasteiger partial charge in [0.05, 0.1) is 19.3 Å². The van der Waals surface area contributed by atoms with Gasteiger partial charge in [-0.2, -0.15) is 0 Å². The molecule has 2 atom stereocenters. The lowest BCUT2D eigenvalue weighted by molar-refractivity contribution is 0.00729. The second-order valence-electron chi connectivity index (χ2n) is 6.37. The van der Waals surface area contributed by atoms with Gasteiger partial charge in [0.1, 0.15) is 0 Å². The van der Waals surface area contributed by atoms with Gasteiger partial charge in [0.2, 0.25) is 6.79 Å². The van der Waals surface area contributed by atoms with Gasteiger partial charge in [0.25, 0.3) is 0 Å². The summed E-state index contributed by atoms with van der Waals surface area (Å²) in [6, 6.07) is 6.32. The molecule has 1 aromatic carbocycles. The molecule has 0 radical (unpaired) electrons. The van der Waals surface area contributed by atoms with E-state index in [0.29, 0.717) is 25.8 Å². The smallest absolute Gasteiger partial charge is 0.231 e. The normalized spacial score (nSPS) is 19.5. The third-order valence-corrected chi connectivity index (χ3v) is 4.51. The van der Waals surface area contributed by atoms with Crippen molar-refractivity contribution in [1.29, 1.82) is 0 Å². The van der Waals surface area contributed by atoms with Gasteiger partial charge in [-0.05, 0) is 50.4 Å². The number of fused-ring (bicyclic) bond motifs is 1. The van der Waals surface area contributed by atoms with E-state index in [4.69, 9.17) is 14.2 Å². The molecule has 0 amide bonds. The Morgan fingerprint density at radius 3 is 2.86 bits per heavy atom. The lowest BCUT2D eigenvalue weighted by Gasteiger charge is -2.26. The fourth-order valence-electron chi connectivity index (χ4n) is 2.83. The summed E-state index contributed by atoms with van der Waals surface area (Å²) < 4.78 is 16.2. The van der Waals surface area contributed by atoms with Crippen LogP contribution in [0, 0.1) is 5.92 Å². The van der Waals surface area contributed by atoms with Crippen LogP contribution in [0.25, 0.3) is 0 Å². The fraction of sp³-hybridized carbons (Fsp3) is 0.647. The predicted octanol–water partition coefficient (Wildman–Crippen LogP) is 2.02. The van der Waals surface area contributed by atoms with Crippen LogP contribution in [0.4, 0.5) is 0 Å². The van der Waals surface area contributed by atoms with Crippen molar-refractivity contribution >= 4 is 0 Å². The lowest BCUT2D eigenvalue weighted by atomic mass is 10.2. The molecule has 5 nitrogen and oxygen atoms in total. The molecule has 1 aliphatic heterocycles. The van der Waals surface area contributed by atoms with E-state index >= 15 is 0 Å².